The van der Waals surface area contributed by atoms with Crippen molar-refractivity contribution in [3.05, 3.63) is 0 Å². The van der Waals surface area contributed by atoms with Gasteiger partial charge < -0.3 is 20.1 Å². The fourth-order valence-corrected chi connectivity index (χ4v) is 2.78. The third-order valence-corrected chi connectivity index (χ3v) is 4.14. The minimum absolute atomic E-state index is 0.122. The molecule has 0 bridgehead atoms. The molecule has 1 aliphatic heterocycles. The van der Waals surface area contributed by atoms with Gasteiger partial charge in [-0.2, -0.15) is 11.8 Å². The van der Waals surface area contributed by atoms with Crippen molar-refractivity contribution in [1.82, 2.24) is 4.90 Å². The summed E-state index contributed by atoms with van der Waals surface area (Å²) in [6, 6.07) is -0.292. The van der Waals surface area contributed by atoms with Gasteiger partial charge in [-0.15, -0.1) is 0 Å². The quantitative estimate of drug-likeness (QED) is 0.504. The Labute approximate surface area is 130 Å². The second-order valence-corrected chi connectivity index (χ2v) is 6.03. The first-order valence-corrected chi connectivity index (χ1v) is 8.76. The highest BCUT2D eigenvalue weighted by Crippen LogP contribution is 2.21. The summed E-state index contributed by atoms with van der Waals surface area (Å²) in [5.74, 6) is 0.602. The molecule has 122 valence electrons. The fourth-order valence-electron chi connectivity index (χ4n) is 2.32. The summed E-state index contributed by atoms with van der Waals surface area (Å²) < 4.78 is 10.5. The Balaban J connectivity index is 2.46. The van der Waals surface area contributed by atoms with Crippen LogP contribution in [0, 0.1) is 0 Å². The minimum Gasteiger partial charge on any atom is -0.466 e. The summed E-state index contributed by atoms with van der Waals surface area (Å²) in [7, 11) is 0. The van der Waals surface area contributed by atoms with E-state index in [0.29, 0.717) is 13.2 Å². The van der Waals surface area contributed by atoms with Crippen LogP contribution in [-0.4, -0.2) is 60.3 Å². The van der Waals surface area contributed by atoms with Gasteiger partial charge in [0.05, 0.1) is 13.0 Å². The SMILES string of the molecule is CCOC(=O)CCN1C(=O)C(C(N)CCCSC)OC1C. The Kier molecular flexibility index (Phi) is 8.06. The first-order valence-electron chi connectivity index (χ1n) is 7.37. The maximum atomic E-state index is 12.3. The van der Waals surface area contributed by atoms with Crippen LogP contribution in [0.25, 0.3) is 0 Å². The van der Waals surface area contributed by atoms with E-state index in [2.05, 4.69) is 0 Å². The molecule has 0 aromatic heterocycles. The smallest absolute Gasteiger partial charge is 0.307 e. The van der Waals surface area contributed by atoms with Gasteiger partial charge in [0.1, 0.15) is 6.23 Å². The molecule has 0 radical (unpaired) electrons. The molecule has 1 rings (SSSR count). The van der Waals surface area contributed by atoms with Gasteiger partial charge in [-0.3, -0.25) is 9.59 Å². The summed E-state index contributed by atoms with van der Waals surface area (Å²) in [4.78, 5) is 25.3. The van der Waals surface area contributed by atoms with Crippen molar-refractivity contribution in [3.8, 4) is 0 Å². The molecule has 0 aliphatic carbocycles. The van der Waals surface area contributed by atoms with Crippen molar-refractivity contribution in [3.63, 3.8) is 0 Å². The number of nitrogens with two attached hydrogens (primary N) is 1. The highest BCUT2D eigenvalue weighted by Gasteiger charge is 2.41. The van der Waals surface area contributed by atoms with Crippen LogP contribution in [0.3, 0.4) is 0 Å². The number of esters is 1. The van der Waals surface area contributed by atoms with Crippen LogP contribution in [-0.2, 0) is 19.1 Å². The third kappa shape index (κ3) is 5.48. The molecule has 1 aliphatic rings. The minimum atomic E-state index is -0.593. The van der Waals surface area contributed by atoms with E-state index in [0.717, 1.165) is 18.6 Å². The zero-order chi connectivity index (χ0) is 15.8. The van der Waals surface area contributed by atoms with E-state index >= 15 is 0 Å². The standard InChI is InChI=1S/C14H26N2O4S/c1-4-19-12(17)7-8-16-10(2)20-13(14(16)18)11(15)6-5-9-21-3/h10-11,13H,4-9,15H2,1-3H3. The normalized spacial score (nSPS) is 23.4. The second-order valence-electron chi connectivity index (χ2n) is 5.04. The van der Waals surface area contributed by atoms with Gasteiger partial charge >= 0.3 is 5.97 Å². The van der Waals surface area contributed by atoms with Gasteiger partial charge in [-0.1, -0.05) is 0 Å². The molecule has 0 aromatic rings. The van der Waals surface area contributed by atoms with Crippen LogP contribution in [0.15, 0.2) is 0 Å². The maximum Gasteiger partial charge on any atom is 0.307 e. The third-order valence-electron chi connectivity index (χ3n) is 3.45. The van der Waals surface area contributed by atoms with Gasteiger partial charge in [-0.05, 0) is 38.7 Å². The molecule has 1 fully saturated rings. The van der Waals surface area contributed by atoms with Crippen LogP contribution in [0.5, 0.6) is 0 Å². The molecular formula is C14H26N2O4S. The molecule has 1 amide bonds. The van der Waals surface area contributed by atoms with Crippen molar-refractivity contribution >= 4 is 23.6 Å². The van der Waals surface area contributed by atoms with Crippen molar-refractivity contribution < 1.29 is 19.1 Å². The Hall–Kier alpha value is -0.790. The van der Waals surface area contributed by atoms with Gasteiger partial charge in [0.25, 0.3) is 5.91 Å². The van der Waals surface area contributed by atoms with Crippen molar-refractivity contribution in [2.24, 2.45) is 5.73 Å². The van der Waals surface area contributed by atoms with Crippen molar-refractivity contribution in [2.75, 3.05) is 25.2 Å². The number of hydrogen-bond donors (Lipinski definition) is 1. The summed E-state index contributed by atoms with van der Waals surface area (Å²) >= 11 is 1.76. The summed E-state index contributed by atoms with van der Waals surface area (Å²) in [6.07, 6.45) is 3.01. The summed E-state index contributed by atoms with van der Waals surface area (Å²) in [5.41, 5.74) is 6.06. The average Bonchev–Trinajstić information content (AvgIpc) is 2.72. The molecule has 1 heterocycles. The molecule has 3 atom stereocenters. The van der Waals surface area contributed by atoms with Crippen LogP contribution < -0.4 is 5.73 Å². The lowest BCUT2D eigenvalue weighted by Crippen LogP contribution is -2.42. The lowest BCUT2D eigenvalue weighted by Gasteiger charge is -2.19. The summed E-state index contributed by atoms with van der Waals surface area (Å²) in [5, 5.41) is 0. The Morgan fingerprint density at radius 3 is 2.90 bits per heavy atom. The molecule has 6 nitrogen and oxygen atoms in total. The predicted molar refractivity (Wildman–Crippen MR) is 82.9 cm³/mol. The fraction of sp³-hybridized carbons (Fsp3) is 0.857. The van der Waals surface area contributed by atoms with E-state index in [9.17, 15) is 9.59 Å². The zero-order valence-electron chi connectivity index (χ0n) is 13.0. The molecule has 0 spiro atoms. The number of carbonyl (C=O) groups excluding carboxylic acids is 2. The number of thioether (sulfide) groups is 1. The molecule has 0 aromatic carbocycles. The molecule has 3 unspecified atom stereocenters. The molecule has 1 saturated heterocycles. The molecule has 0 saturated carbocycles. The van der Waals surface area contributed by atoms with Gasteiger partial charge in [0.15, 0.2) is 6.10 Å². The Bertz CT molecular complexity index is 354. The summed E-state index contributed by atoms with van der Waals surface area (Å²) in [6.45, 7) is 4.22. The van der Waals surface area contributed by atoms with Crippen LogP contribution >= 0.6 is 11.8 Å². The lowest BCUT2D eigenvalue weighted by molar-refractivity contribution is -0.144. The maximum absolute atomic E-state index is 12.3. The average molecular weight is 318 g/mol. The second kappa shape index (κ2) is 9.27. The van der Waals surface area contributed by atoms with Crippen LogP contribution in [0.2, 0.25) is 0 Å². The monoisotopic (exact) mass is 318 g/mol. The molecule has 2 N–H and O–H groups in total. The number of carbonyl (C=O) groups is 2. The number of rotatable bonds is 9. The number of hydrogen-bond acceptors (Lipinski definition) is 6. The lowest BCUT2D eigenvalue weighted by atomic mass is 10.1. The zero-order valence-corrected chi connectivity index (χ0v) is 13.9. The molecule has 7 heteroatoms. The largest absolute Gasteiger partial charge is 0.466 e. The van der Waals surface area contributed by atoms with Crippen molar-refractivity contribution in [2.45, 2.75) is 51.5 Å². The molecular weight excluding hydrogens is 292 g/mol. The van der Waals surface area contributed by atoms with E-state index < -0.39 is 6.10 Å². The topological polar surface area (TPSA) is 81.9 Å². The Morgan fingerprint density at radius 1 is 1.57 bits per heavy atom. The van der Waals surface area contributed by atoms with E-state index in [1.54, 1.807) is 30.5 Å². The number of amides is 1. The first kappa shape index (κ1) is 18.3. The molecule has 21 heavy (non-hydrogen) atoms. The van der Waals surface area contributed by atoms with E-state index in [1.807, 2.05) is 6.26 Å². The number of ether oxygens (including phenoxy) is 2. The Morgan fingerprint density at radius 2 is 2.29 bits per heavy atom. The van der Waals surface area contributed by atoms with E-state index in [4.69, 9.17) is 15.2 Å². The van der Waals surface area contributed by atoms with Gasteiger partial charge in [0.2, 0.25) is 0 Å². The van der Waals surface area contributed by atoms with E-state index in [-0.39, 0.29) is 30.6 Å². The predicted octanol–water partition coefficient (Wildman–Crippen LogP) is 0.984. The number of nitrogens with zero attached hydrogens (tertiary/aromatic N) is 1. The van der Waals surface area contributed by atoms with Crippen molar-refractivity contribution in [1.29, 1.82) is 0 Å². The first-order chi connectivity index (χ1) is 10.0. The van der Waals surface area contributed by atoms with Gasteiger partial charge in [-0.25, -0.2) is 0 Å². The van der Waals surface area contributed by atoms with Crippen LogP contribution in [0.4, 0.5) is 0 Å². The van der Waals surface area contributed by atoms with E-state index in [1.165, 1.54) is 0 Å². The van der Waals surface area contributed by atoms with Crippen LogP contribution in [0.1, 0.15) is 33.1 Å². The highest BCUT2D eigenvalue weighted by molar-refractivity contribution is 7.98. The highest BCUT2D eigenvalue weighted by atomic mass is 32.2. The van der Waals surface area contributed by atoms with Gasteiger partial charge in [0, 0.05) is 12.6 Å².